The van der Waals surface area contributed by atoms with Crippen molar-refractivity contribution in [3.8, 4) is 0 Å². The lowest BCUT2D eigenvalue weighted by molar-refractivity contribution is -0.392. The van der Waals surface area contributed by atoms with Gasteiger partial charge in [-0.25, -0.2) is 21.6 Å². The number of hydrogen-bond acceptors (Lipinski definition) is 5. The number of ketones is 1. The summed E-state index contributed by atoms with van der Waals surface area (Å²) < 4.78 is 161. The number of aliphatic carboxylic acids is 1. The number of halogens is 9. The summed E-state index contributed by atoms with van der Waals surface area (Å²) in [5, 5.41) is 9.26. The van der Waals surface area contributed by atoms with Gasteiger partial charge < -0.3 is 9.84 Å². The Hall–Kier alpha value is -3.92. The molecule has 0 unspecified atom stereocenters. The van der Waals surface area contributed by atoms with Crippen molar-refractivity contribution >= 4 is 21.6 Å². The van der Waals surface area contributed by atoms with E-state index in [-0.39, 0.29) is 60.2 Å². The van der Waals surface area contributed by atoms with Gasteiger partial charge in [-0.2, -0.15) is 26.3 Å². The van der Waals surface area contributed by atoms with Crippen molar-refractivity contribution in [1.29, 1.82) is 0 Å². The van der Waals surface area contributed by atoms with E-state index in [1.165, 1.54) is 0 Å². The highest BCUT2D eigenvalue weighted by molar-refractivity contribution is 7.92. The van der Waals surface area contributed by atoms with Crippen LogP contribution in [0, 0.1) is 35.2 Å². The maximum absolute atomic E-state index is 14.6. The average molecular weight is 779 g/mol. The number of Topliss-reactive ketones (excluding diaryl/α,β-unsaturated/α-hetero) is 1. The fraction of sp³-hybridized carbons (Fsp3) is 0.459. The Labute approximate surface area is 299 Å². The molecule has 288 valence electrons. The van der Waals surface area contributed by atoms with Gasteiger partial charge in [0.25, 0.3) is 5.60 Å². The monoisotopic (exact) mass is 778 g/mol. The maximum Gasteiger partial charge on any atom is 0.430 e. The summed E-state index contributed by atoms with van der Waals surface area (Å²) in [6.07, 6.45) is -11.0. The van der Waals surface area contributed by atoms with Gasteiger partial charge >= 0.3 is 18.3 Å². The van der Waals surface area contributed by atoms with Gasteiger partial charge in [-0.05, 0) is 99.2 Å². The number of sulfone groups is 1. The normalized spacial score (nSPS) is 23.1. The van der Waals surface area contributed by atoms with Crippen molar-refractivity contribution in [3.63, 3.8) is 0 Å². The topological polar surface area (TPSA) is 97.7 Å². The van der Waals surface area contributed by atoms with E-state index in [1.807, 2.05) is 0 Å². The SMILES string of the molecule is O=C(O)C1CCC(C(=O)CC2CCC(c3ccc(C(OCc4c(F)cccc4F)(C(F)(F)F)C(F)(F)F)cc3)(S(=O)(=O)c3ccc(F)cc3)CC2)CC1. The number of carboxylic acid groups (broad SMARTS) is 1. The van der Waals surface area contributed by atoms with Gasteiger partial charge in [0.05, 0.1) is 17.4 Å². The van der Waals surface area contributed by atoms with Crippen molar-refractivity contribution in [2.45, 2.75) is 92.0 Å². The van der Waals surface area contributed by atoms with Crippen LogP contribution < -0.4 is 0 Å². The number of rotatable bonds is 11. The second-order valence-corrected chi connectivity index (χ2v) is 16.0. The molecule has 0 atom stereocenters. The van der Waals surface area contributed by atoms with E-state index in [0.29, 0.717) is 49.9 Å². The highest BCUT2D eigenvalue weighted by Crippen LogP contribution is 2.55. The van der Waals surface area contributed by atoms with Gasteiger partial charge in [-0.3, -0.25) is 9.59 Å². The molecule has 0 spiro atoms. The van der Waals surface area contributed by atoms with Gasteiger partial charge in [0, 0.05) is 23.5 Å². The third-order valence-electron chi connectivity index (χ3n) is 10.7. The molecule has 2 aliphatic rings. The smallest absolute Gasteiger partial charge is 0.430 e. The molecule has 3 aromatic rings. The van der Waals surface area contributed by atoms with Crippen LogP contribution in [-0.2, 0) is 41.1 Å². The van der Waals surface area contributed by atoms with Crippen LogP contribution in [-0.4, -0.2) is 37.6 Å². The summed E-state index contributed by atoms with van der Waals surface area (Å²) in [4.78, 5) is 24.1. The predicted octanol–water partition coefficient (Wildman–Crippen LogP) is 9.35. The third-order valence-corrected chi connectivity index (χ3v) is 13.2. The Morgan fingerprint density at radius 1 is 0.736 bits per heavy atom. The quantitative estimate of drug-likeness (QED) is 0.154. The molecule has 0 aliphatic heterocycles. The highest BCUT2D eigenvalue weighted by Gasteiger charge is 2.73. The van der Waals surface area contributed by atoms with E-state index in [0.717, 1.165) is 42.5 Å². The van der Waals surface area contributed by atoms with Crippen molar-refractivity contribution in [1.82, 2.24) is 0 Å². The molecule has 0 bridgehead atoms. The number of carboxylic acids is 1. The summed E-state index contributed by atoms with van der Waals surface area (Å²) in [5.74, 6) is -5.85. The Kier molecular flexibility index (Phi) is 11.5. The zero-order valence-corrected chi connectivity index (χ0v) is 28.8. The van der Waals surface area contributed by atoms with Crippen LogP contribution in [0.25, 0.3) is 0 Å². The molecule has 0 saturated heterocycles. The van der Waals surface area contributed by atoms with E-state index in [1.54, 1.807) is 0 Å². The predicted molar refractivity (Wildman–Crippen MR) is 171 cm³/mol. The lowest BCUT2D eigenvalue weighted by Gasteiger charge is -2.41. The number of carbonyl (C=O) groups excluding carboxylic acids is 1. The summed E-state index contributed by atoms with van der Waals surface area (Å²) in [7, 11) is -4.51. The van der Waals surface area contributed by atoms with Crippen molar-refractivity contribution in [3.05, 3.63) is 101 Å². The molecule has 16 heteroatoms. The first-order valence-electron chi connectivity index (χ1n) is 16.8. The number of benzene rings is 3. The lowest BCUT2D eigenvalue weighted by atomic mass is 9.73. The van der Waals surface area contributed by atoms with Crippen molar-refractivity contribution in [2.75, 3.05) is 0 Å². The molecule has 5 rings (SSSR count). The van der Waals surface area contributed by atoms with Gasteiger partial charge in [-0.15, -0.1) is 0 Å². The molecular weight excluding hydrogens is 743 g/mol. The highest BCUT2D eigenvalue weighted by atomic mass is 32.2. The van der Waals surface area contributed by atoms with Crippen LogP contribution in [0.1, 0.15) is 74.5 Å². The van der Waals surface area contributed by atoms with Gasteiger partial charge in [0.2, 0.25) is 0 Å². The number of carbonyl (C=O) groups is 2. The standard InChI is InChI=1S/C37H35F9O6S/c38-27-12-14-28(15-13-27)53(50,51)34(18-16-22(17-19-34)20-32(47)23-4-6-24(7-5-23)33(48)49)25-8-10-26(11-9-25)35(36(41,42)43,37(44,45)46)52-21-29-30(39)2-1-3-31(29)40/h1-3,8-15,22-24H,4-7,16-21H2,(H,48,49). The van der Waals surface area contributed by atoms with Crippen LogP contribution in [0.15, 0.2) is 71.6 Å². The molecule has 2 saturated carbocycles. The van der Waals surface area contributed by atoms with E-state index in [4.69, 9.17) is 0 Å². The van der Waals surface area contributed by atoms with Crippen LogP contribution in [0.4, 0.5) is 39.5 Å². The zero-order valence-electron chi connectivity index (χ0n) is 28.0. The summed E-state index contributed by atoms with van der Waals surface area (Å²) in [6.45, 7) is -1.76. The van der Waals surface area contributed by atoms with E-state index in [2.05, 4.69) is 4.74 Å². The maximum atomic E-state index is 14.6. The van der Waals surface area contributed by atoms with Gasteiger partial charge in [0.15, 0.2) is 9.84 Å². The Bertz CT molecular complexity index is 1860. The fourth-order valence-corrected chi connectivity index (χ4v) is 9.77. The van der Waals surface area contributed by atoms with Crippen LogP contribution in [0.2, 0.25) is 0 Å². The molecule has 1 N–H and O–H groups in total. The largest absolute Gasteiger partial charge is 0.481 e. The molecular formula is C37H35F9O6S. The Balaban J connectivity index is 1.48. The third kappa shape index (κ3) is 7.71. The first-order chi connectivity index (χ1) is 24.7. The molecule has 0 amide bonds. The second-order valence-electron chi connectivity index (χ2n) is 13.7. The van der Waals surface area contributed by atoms with E-state index in [9.17, 15) is 62.6 Å². The molecule has 0 aromatic heterocycles. The fourth-order valence-electron chi connectivity index (χ4n) is 7.61. The number of hydrogen-bond donors (Lipinski definition) is 1. The summed E-state index contributed by atoms with van der Waals surface area (Å²) in [5.41, 5.74) is -7.95. The molecule has 2 fully saturated rings. The summed E-state index contributed by atoms with van der Waals surface area (Å²) >= 11 is 0. The minimum absolute atomic E-state index is 0.0770. The van der Waals surface area contributed by atoms with Crippen LogP contribution in [0.3, 0.4) is 0 Å². The second kappa shape index (κ2) is 15.1. The Morgan fingerprint density at radius 3 is 1.74 bits per heavy atom. The van der Waals surface area contributed by atoms with E-state index >= 15 is 0 Å². The molecule has 53 heavy (non-hydrogen) atoms. The molecule has 0 heterocycles. The number of ether oxygens (including phenoxy) is 1. The molecule has 2 aliphatic carbocycles. The van der Waals surface area contributed by atoms with E-state index < -0.39 is 79.6 Å². The minimum Gasteiger partial charge on any atom is -0.481 e. The minimum atomic E-state index is -6.22. The zero-order chi connectivity index (χ0) is 39.0. The van der Waals surface area contributed by atoms with Crippen molar-refractivity contribution < 1.29 is 67.4 Å². The Morgan fingerprint density at radius 2 is 1.25 bits per heavy atom. The van der Waals surface area contributed by atoms with Gasteiger partial charge in [-0.1, -0.05) is 30.3 Å². The first-order valence-corrected chi connectivity index (χ1v) is 18.3. The van der Waals surface area contributed by atoms with Gasteiger partial charge in [0.1, 0.15) is 28.0 Å². The number of alkyl halides is 6. The van der Waals surface area contributed by atoms with Crippen LogP contribution in [0.5, 0.6) is 0 Å². The lowest BCUT2D eigenvalue weighted by Crippen LogP contribution is -2.56. The first kappa shape index (κ1) is 40.3. The summed E-state index contributed by atoms with van der Waals surface area (Å²) in [6, 6.07) is 8.37. The van der Waals surface area contributed by atoms with Crippen LogP contribution >= 0.6 is 0 Å². The average Bonchev–Trinajstić information content (AvgIpc) is 3.09. The van der Waals surface area contributed by atoms with Crippen molar-refractivity contribution in [2.24, 2.45) is 17.8 Å². The molecule has 0 radical (unpaired) electrons. The molecule has 6 nitrogen and oxygen atoms in total. The molecule has 3 aromatic carbocycles.